The van der Waals surface area contributed by atoms with Gasteiger partial charge in [-0.05, 0) is 116 Å². The van der Waals surface area contributed by atoms with E-state index in [4.69, 9.17) is 82.6 Å². The van der Waals surface area contributed by atoms with Gasteiger partial charge in [0.15, 0.2) is 36.2 Å². The number of aliphatic hydroxyl groups excluding tert-OH is 5. The van der Waals surface area contributed by atoms with Crippen molar-refractivity contribution in [2.45, 2.75) is 253 Å². The van der Waals surface area contributed by atoms with Gasteiger partial charge in [-0.3, -0.25) is 33.6 Å². The van der Waals surface area contributed by atoms with Crippen LogP contribution in [-0.4, -0.2) is 321 Å². The predicted octanol–water partition coefficient (Wildman–Crippen LogP) is 2.99. The van der Waals surface area contributed by atoms with Crippen LogP contribution < -0.4 is 63.1 Å². The number of amides is 8. The minimum Gasteiger partial charge on any atom is -0.492 e. The first-order chi connectivity index (χ1) is 62.0. The Hall–Kier alpha value is -7.47. The van der Waals surface area contributed by atoms with Gasteiger partial charge in [-0.15, -0.1) is 0 Å². The van der Waals surface area contributed by atoms with E-state index < -0.39 is 205 Å². The van der Waals surface area contributed by atoms with E-state index in [0.29, 0.717) is 42.3 Å². The molecule has 0 spiro atoms. The number of ether oxygens (including phenoxy) is 14. The molecule has 2 aromatic carbocycles. The van der Waals surface area contributed by atoms with E-state index in [2.05, 4.69) is 61.1 Å². The number of hydrogen-bond donors (Lipinski definition) is 15. The molecule has 2 bridgehead atoms. The fraction of sp³-hybridized carbons (Fsp3) is 0.663. The summed E-state index contributed by atoms with van der Waals surface area (Å²) in [5, 5.41) is 84.8. The first kappa shape index (κ1) is 110. The first-order valence-electron chi connectivity index (χ1n) is 42.8. The van der Waals surface area contributed by atoms with Gasteiger partial charge >= 0.3 is 18.2 Å². The number of nitrogens with one attached hydrogen (secondary N) is 7. The molecule has 2 aromatic rings. The number of hydrogen-bond acceptors (Lipinski definition) is 35. The average molecular weight is 2000 g/mol. The second-order valence-corrected chi connectivity index (χ2v) is 36.9. The Morgan fingerprint density at radius 2 is 1.55 bits per heavy atom. The number of carbonyl (C=O) groups is 9. The van der Waals surface area contributed by atoms with Gasteiger partial charge < -0.3 is 145 Å². The quantitative estimate of drug-likeness (QED) is 0.00861. The number of methoxy groups -OCH3 is 5. The van der Waals surface area contributed by atoms with Crippen molar-refractivity contribution in [2.24, 2.45) is 23.3 Å². The molecule has 3 heterocycles. The predicted molar refractivity (Wildman–Crippen MR) is 486 cm³/mol. The average Bonchev–Trinajstić information content (AvgIpc) is 0.852. The maximum absolute atomic E-state index is 14.6. The molecular weight excluding hydrogens is 1880 g/mol. The number of anilines is 1. The van der Waals surface area contributed by atoms with Gasteiger partial charge in [-0.25, -0.2) is 14.4 Å². The van der Waals surface area contributed by atoms with Gasteiger partial charge in [-0.2, -0.15) is 5.48 Å². The molecule has 726 valence electrons. The summed E-state index contributed by atoms with van der Waals surface area (Å²) in [4.78, 5) is 130. The van der Waals surface area contributed by atoms with Crippen molar-refractivity contribution in [3.63, 3.8) is 0 Å². The number of aliphatic hydroxyl groups is 6. The lowest BCUT2D eigenvalue weighted by Gasteiger charge is -2.48. The molecule has 1 saturated carbocycles. The van der Waals surface area contributed by atoms with Crippen molar-refractivity contribution in [1.82, 2.24) is 37.0 Å². The SMILES string of the molecule is CCC(O)C(OC)C(O)C(O)Oc1c(I)c(C)c(C(=O)SC2C(O)CC(ONC3C(C)OC(O[C@H]4C#C/C=C\C#CC[C@]5(O)CC(=O)C(NC(=O)OC)C4/C5=C\CSSC(C)C)C(OC4CC(OC)C(N(CC)C(=O)CNC(=O)OCc5ccc(NC(=O)[C@H](CCCNC(N)=O)NC(=O)[C@@H](NC(=O)CCOCCOCCN)C(C)C)cc5)CO4)C3O)OC2C)c(OC)c1OC. The maximum Gasteiger partial charge on any atom is 0.407 e. The molecule has 44 heteroatoms. The minimum atomic E-state index is -1.95. The summed E-state index contributed by atoms with van der Waals surface area (Å²) in [5.74, 6) is 7.30. The molecule has 22 atom stereocenters. The number of alkyl carbamates (subject to hydrolysis) is 2. The Balaban J connectivity index is 1.06. The molecule has 3 saturated heterocycles. The summed E-state index contributed by atoms with van der Waals surface area (Å²) < 4.78 is 83.4. The maximum atomic E-state index is 14.6. The molecule has 3 aliphatic heterocycles. The van der Waals surface area contributed by atoms with Crippen molar-refractivity contribution in [1.29, 1.82) is 0 Å². The van der Waals surface area contributed by atoms with Gasteiger partial charge in [0.2, 0.25) is 40.8 Å². The number of primary amides is 1. The zero-order valence-corrected chi connectivity index (χ0v) is 80.0. The third-order valence-electron chi connectivity index (χ3n) is 21.8. The van der Waals surface area contributed by atoms with E-state index >= 15 is 0 Å². The summed E-state index contributed by atoms with van der Waals surface area (Å²) in [6.07, 6.45) is -17.2. The lowest BCUT2D eigenvalue weighted by Crippen LogP contribution is -2.66. The number of rotatable bonds is 48. The summed E-state index contributed by atoms with van der Waals surface area (Å²) in [7, 11) is 9.43. The highest BCUT2D eigenvalue weighted by Gasteiger charge is 2.56. The molecule has 0 aromatic heterocycles. The smallest absolute Gasteiger partial charge is 0.407 e. The molecule has 2 aliphatic carbocycles. The molecule has 4 fully saturated rings. The van der Waals surface area contributed by atoms with Crippen molar-refractivity contribution >= 4 is 114 Å². The number of Topliss-reactive ketones (excluding diaryl/α,β-unsaturated/α-hetero) is 1. The van der Waals surface area contributed by atoms with Gasteiger partial charge in [0, 0.05) is 88.6 Å². The molecule has 0 radical (unpaired) electrons. The molecule has 40 nitrogen and oxygen atoms in total. The van der Waals surface area contributed by atoms with Crippen LogP contribution in [0.2, 0.25) is 0 Å². The lowest BCUT2D eigenvalue weighted by atomic mass is 9.67. The largest absolute Gasteiger partial charge is 0.492 e. The van der Waals surface area contributed by atoms with Gasteiger partial charge in [0.1, 0.15) is 67.4 Å². The molecule has 7 rings (SSSR count). The number of benzene rings is 2. The van der Waals surface area contributed by atoms with E-state index in [1.54, 1.807) is 89.6 Å². The number of likely N-dealkylation sites (N-methyl/N-ethyl adjacent to an activating group) is 1. The molecular formula is C86H127IN10O30S3. The topological polar surface area (TPSA) is 553 Å². The standard InChI is InChI=1S/C86H127IN10O30S3/c1-15-55(98)72(114-11)71(104)80(107)126-74-66(87)47(7)64(73(115-12)76(74)116-13)81(108)129-77-49(9)122-63(39-56(77)99)127-96-68-48(8)123-82(124-58-24-20-18-17-19-21-31-86(112)41-57(100)69(95-85(111)117-14)65(58)52(86)30-38-128-130-46(5)6)75(70(68)103)125-62-40-59(113-10)54(44-120-62)97(16-2)61(102)42-91-84(110)121-43-50-25-27-51(28-26-50)92-78(105)53(23-22-33-90-83(89)109)93-79(106)67(45(3)4)94-60(101)29-34-118-36-37-119-35-32-88/h17-18,25-28,30,45-46,48-49,53-56,58-59,62-63,65,67-72,75,77,80,82,96,98-99,103-104,107,112H,15-16,22-23,29,31-44,88H2,1-14H3,(H,91,110)(H,92,105)(H,93,106)(H,94,101)(H,95,111)(H3,89,90,109)/b18-17-,52-30+/t48?,49?,53-,54?,55?,56?,58-,59?,62?,63?,65?,67-,68?,69?,70?,71?,72?,75?,77?,80?,82?,86-/m0/s1. The Bertz CT molecular complexity index is 4250. The lowest BCUT2D eigenvalue weighted by molar-refractivity contribution is -0.340. The Morgan fingerprint density at radius 3 is 2.19 bits per heavy atom. The van der Waals surface area contributed by atoms with Crippen LogP contribution in [0.25, 0.3) is 0 Å². The van der Waals surface area contributed by atoms with Crippen LogP contribution in [0.5, 0.6) is 17.2 Å². The number of hydroxylamine groups is 1. The highest BCUT2D eigenvalue weighted by atomic mass is 127. The fourth-order valence-electron chi connectivity index (χ4n) is 15.0. The Kier molecular flexibility index (Phi) is 46.2. The van der Waals surface area contributed by atoms with Crippen LogP contribution in [-0.2, 0) is 87.5 Å². The second kappa shape index (κ2) is 54.8. The molecule has 18 unspecified atom stereocenters. The van der Waals surface area contributed by atoms with Crippen LogP contribution in [0.1, 0.15) is 128 Å². The Morgan fingerprint density at radius 1 is 0.846 bits per heavy atom. The number of nitrogens with two attached hydrogens (primary N) is 2. The summed E-state index contributed by atoms with van der Waals surface area (Å²) in [6, 6.07) is -0.208. The summed E-state index contributed by atoms with van der Waals surface area (Å²) in [6.45, 7) is 16.1. The number of nitrogens with zero attached hydrogens (tertiary/aromatic N) is 1. The van der Waals surface area contributed by atoms with Crippen molar-refractivity contribution in [2.75, 3.05) is 106 Å². The summed E-state index contributed by atoms with van der Waals surface area (Å²) in [5.41, 5.74) is 13.1. The summed E-state index contributed by atoms with van der Waals surface area (Å²) >= 11 is 2.65. The van der Waals surface area contributed by atoms with Crippen LogP contribution >= 0.6 is 55.9 Å². The van der Waals surface area contributed by atoms with Crippen LogP contribution in [0.3, 0.4) is 0 Å². The number of allylic oxidation sites excluding steroid dienone is 2. The zero-order chi connectivity index (χ0) is 95.6. The number of fused-ring (bicyclic) bond motifs is 2. The fourth-order valence-corrected chi connectivity index (χ4v) is 18.7. The van der Waals surface area contributed by atoms with Crippen molar-refractivity contribution in [3.8, 4) is 40.9 Å². The van der Waals surface area contributed by atoms with Crippen LogP contribution in [0, 0.1) is 46.0 Å². The van der Waals surface area contributed by atoms with Gasteiger partial charge in [0.25, 0.3) is 0 Å². The normalized spacial score (nSPS) is 26.3. The number of ketones is 1. The van der Waals surface area contributed by atoms with E-state index in [9.17, 15) is 73.8 Å². The third kappa shape index (κ3) is 31.6. The third-order valence-corrected chi connectivity index (χ3v) is 27.3. The molecule has 130 heavy (non-hydrogen) atoms. The molecule has 17 N–H and O–H groups in total. The van der Waals surface area contributed by atoms with Crippen molar-refractivity contribution in [3.05, 3.63) is 68.3 Å². The van der Waals surface area contributed by atoms with Crippen LogP contribution in [0.4, 0.5) is 20.1 Å². The number of urea groups is 1. The monoisotopic (exact) mass is 2000 g/mol. The molecule has 5 aliphatic rings. The highest BCUT2D eigenvalue weighted by molar-refractivity contribution is 14.1. The van der Waals surface area contributed by atoms with Gasteiger partial charge in [-0.1, -0.05) is 110 Å². The first-order valence-corrected chi connectivity index (χ1v) is 47.1. The van der Waals surface area contributed by atoms with E-state index in [1.165, 1.54) is 56.3 Å². The van der Waals surface area contributed by atoms with Gasteiger partial charge in [0.05, 0.1) is 111 Å². The minimum absolute atomic E-state index is 0.0283. The van der Waals surface area contributed by atoms with E-state index in [1.807, 2.05) is 36.4 Å². The number of halogens is 1. The Labute approximate surface area is 782 Å². The van der Waals surface area contributed by atoms with E-state index in [-0.39, 0.29) is 122 Å². The van der Waals surface area contributed by atoms with Crippen LogP contribution in [0.15, 0.2) is 48.1 Å². The van der Waals surface area contributed by atoms with E-state index in [0.717, 1.165) is 18.9 Å². The number of thioether (sulfide) groups is 1. The number of carbonyl (C=O) groups excluding carboxylic acids is 9. The zero-order valence-electron chi connectivity index (χ0n) is 75.4. The second-order valence-electron chi connectivity index (χ2n) is 31.7. The highest BCUT2D eigenvalue weighted by Crippen LogP contribution is 2.49. The van der Waals surface area contributed by atoms with Crippen molar-refractivity contribution < 1.29 is 145 Å². The molecule has 8 amide bonds.